The number of carbonyl (C=O) groups is 1. The average molecular weight is 274 g/mol. The van der Waals surface area contributed by atoms with Crippen LogP contribution >= 0.6 is 11.8 Å². The van der Waals surface area contributed by atoms with E-state index in [1.54, 1.807) is 24.3 Å². The van der Waals surface area contributed by atoms with Gasteiger partial charge < -0.3 is 11.1 Å². The van der Waals surface area contributed by atoms with Crippen LogP contribution in [-0.4, -0.2) is 17.7 Å². The second kappa shape index (κ2) is 7.33. The molecule has 0 fully saturated rings. The molecule has 0 spiro atoms. The molecule has 1 amide bonds. The zero-order valence-corrected chi connectivity index (χ0v) is 10.8. The molecule has 1 rings (SSSR count). The number of hydrogen-bond donors (Lipinski definition) is 2. The first-order valence-electron chi connectivity index (χ1n) is 5.57. The van der Waals surface area contributed by atoms with Crippen LogP contribution in [-0.2, 0) is 4.79 Å². The predicted molar refractivity (Wildman–Crippen MR) is 69.8 cm³/mol. The van der Waals surface area contributed by atoms with E-state index in [1.807, 2.05) is 6.92 Å². The van der Waals surface area contributed by atoms with Crippen molar-refractivity contribution in [3.63, 3.8) is 0 Å². The van der Waals surface area contributed by atoms with E-state index < -0.39 is 5.76 Å². The van der Waals surface area contributed by atoms with Crippen LogP contribution in [0.3, 0.4) is 0 Å². The molecule has 0 saturated carbocycles. The Morgan fingerprint density at radius 3 is 2.50 bits per heavy atom. The molecule has 0 radical (unpaired) electrons. The van der Waals surface area contributed by atoms with Crippen LogP contribution < -0.4 is 11.1 Å². The van der Waals surface area contributed by atoms with E-state index in [4.69, 9.17) is 5.73 Å². The van der Waals surface area contributed by atoms with E-state index >= 15 is 0 Å². The van der Waals surface area contributed by atoms with Crippen molar-refractivity contribution >= 4 is 23.4 Å². The van der Waals surface area contributed by atoms with Gasteiger partial charge in [-0.25, -0.2) is 0 Å². The molecule has 3 N–H and O–H groups in total. The van der Waals surface area contributed by atoms with Gasteiger partial charge in [-0.1, -0.05) is 11.8 Å². The second-order valence-electron chi connectivity index (χ2n) is 3.97. The van der Waals surface area contributed by atoms with Crippen molar-refractivity contribution in [3.8, 4) is 0 Å². The molecule has 1 atom stereocenters. The van der Waals surface area contributed by atoms with Crippen molar-refractivity contribution in [2.24, 2.45) is 5.73 Å². The number of hydrogen-bond acceptors (Lipinski definition) is 3. The molecular formula is C12H16F2N2OS. The molecule has 0 aliphatic rings. The third-order valence-corrected chi connectivity index (χ3v) is 2.91. The minimum atomic E-state index is -2.43. The first-order valence-corrected chi connectivity index (χ1v) is 6.45. The Hall–Kier alpha value is -1.14. The van der Waals surface area contributed by atoms with Gasteiger partial charge in [-0.15, -0.1) is 0 Å². The number of amides is 1. The van der Waals surface area contributed by atoms with Crippen LogP contribution in [0.2, 0.25) is 0 Å². The first-order chi connectivity index (χ1) is 8.47. The third kappa shape index (κ3) is 5.97. The van der Waals surface area contributed by atoms with Gasteiger partial charge in [-0.05, 0) is 37.6 Å². The summed E-state index contributed by atoms with van der Waals surface area (Å²) in [5, 5.41) is 2.69. The summed E-state index contributed by atoms with van der Waals surface area (Å²) < 4.78 is 24.2. The van der Waals surface area contributed by atoms with Crippen LogP contribution in [0.4, 0.5) is 14.5 Å². The van der Waals surface area contributed by atoms with Gasteiger partial charge in [-0.2, -0.15) is 8.78 Å². The van der Waals surface area contributed by atoms with E-state index in [2.05, 4.69) is 5.32 Å². The summed E-state index contributed by atoms with van der Waals surface area (Å²) in [7, 11) is 0. The lowest BCUT2D eigenvalue weighted by atomic mass is 10.2. The fourth-order valence-corrected chi connectivity index (χ4v) is 1.80. The summed E-state index contributed by atoms with van der Waals surface area (Å²) in [5.41, 5.74) is 6.15. The fourth-order valence-electron chi connectivity index (χ4n) is 1.30. The minimum absolute atomic E-state index is 0.0134. The standard InChI is InChI=1S/C12H16F2N2OS/c1-8(15)2-7-11(17)16-9-3-5-10(6-4-9)18-12(13)14/h3-6,8,12H,2,7,15H2,1H3,(H,16,17). The molecule has 1 aromatic rings. The second-order valence-corrected chi connectivity index (χ2v) is 5.03. The SMILES string of the molecule is CC(N)CCC(=O)Nc1ccc(SC(F)F)cc1. The van der Waals surface area contributed by atoms with Crippen LogP contribution in [0.1, 0.15) is 19.8 Å². The molecule has 0 aliphatic carbocycles. The molecule has 3 nitrogen and oxygen atoms in total. The van der Waals surface area contributed by atoms with Crippen molar-refractivity contribution in [2.75, 3.05) is 5.32 Å². The van der Waals surface area contributed by atoms with Crippen molar-refractivity contribution in [2.45, 2.75) is 36.5 Å². The Kier molecular flexibility index (Phi) is 6.07. The van der Waals surface area contributed by atoms with Crippen LogP contribution in [0.5, 0.6) is 0 Å². The van der Waals surface area contributed by atoms with Crippen molar-refractivity contribution in [3.05, 3.63) is 24.3 Å². The lowest BCUT2D eigenvalue weighted by Crippen LogP contribution is -2.19. The van der Waals surface area contributed by atoms with E-state index in [-0.39, 0.29) is 11.9 Å². The maximum absolute atomic E-state index is 12.1. The van der Waals surface area contributed by atoms with Gasteiger partial charge in [0.25, 0.3) is 5.76 Å². The summed E-state index contributed by atoms with van der Waals surface area (Å²) in [5.74, 6) is -2.56. The van der Waals surface area contributed by atoms with E-state index in [1.165, 1.54) is 0 Å². The Bertz CT molecular complexity index is 382. The molecule has 0 saturated heterocycles. The van der Waals surface area contributed by atoms with Crippen LogP contribution in [0, 0.1) is 0 Å². The lowest BCUT2D eigenvalue weighted by molar-refractivity contribution is -0.116. The van der Waals surface area contributed by atoms with Crippen LogP contribution in [0.15, 0.2) is 29.2 Å². The zero-order valence-electron chi connectivity index (χ0n) is 10.0. The molecule has 100 valence electrons. The number of thioether (sulfide) groups is 1. The Morgan fingerprint density at radius 1 is 1.39 bits per heavy atom. The molecular weight excluding hydrogens is 258 g/mol. The third-order valence-electron chi connectivity index (χ3n) is 2.19. The van der Waals surface area contributed by atoms with Crippen molar-refractivity contribution in [1.82, 2.24) is 0 Å². The highest BCUT2D eigenvalue weighted by atomic mass is 32.2. The Balaban J connectivity index is 2.45. The monoisotopic (exact) mass is 274 g/mol. The van der Waals surface area contributed by atoms with Crippen LogP contribution in [0.25, 0.3) is 0 Å². The highest BCUT2D eigenvalue weighted by Crippen LogP contribution is 2.26. The fraction of sp³-hybridized carbons (Fsp3) is 0.417. The highest BCUT2D eigenvalue weighted by molar-refractivity contribution is 7.99. The Labute approximate surface area is 109 Å². The van der Waals surface area contributed by atoms with Gasteiger partial charge in [0.2, 0.25) is 5.91 Å². The smallest absolute Gasteiger partial charge is 0.288 e. The summed E-state index contributed by atoms with van der Waals surface area (Å²) in [6, 6.07) is 6.31. The number of nitrogens with one attached hydrogen (secondary N) is 1. The minimum Gasteiger partial charge on any atom is -0.328 e. The summed E-state index contributed by atoms with van der Waals surface area (Å²) >= 11 is 0.478. The number of rotatable bonds is 6. The molecule has 18 heavy (non-hydrogen) atoms. The van der Waals surface area contributed by atoms with Gasteiger partial charge in [0.15, 0.2) is 0 Å². The summed E-state index contributed by atoms with van der Waals surface area (Å²) in [6.45, 7) is 1.84. The zero-order chi connectivity index (χ0) is 13.5. The molecule has 1 unspecified atom stereocenters. The number of carbonyl (C=O) groups excluding carboxylic acids is 1. The van der Waals surface area contributed by atoms with Gasteiger partial charge in [-0.3, -0.25) is 4.79 Å². The predicted octanol–water partition coefficient (Wildman–Crippen LogP) is 3.07. The molecule has 0 heterocycles. The molecule has 0 bridgehead atoms. The highest BCUT2D eigenvalue weighted by Gasteiger charge is 2.06. The molecule has 0 aromatic heterocycles. The molecule has 0 aliphatic heterocycles. The van der Waals surface area contributed by atoms with E-state index in [0.717, 1.165) is 0 Å². The van der Waals surface area contributed by atoms with Gasteiger partial charge in [0, 0.05) is 23.0 Å². The number of nitrogens with two attached hydrogens (primary N) is 1. The van der Waals surface area contributed by atoms with Gasteiger partial charge >= 0.3 is 0 Å². The number of alkyl halides is 2. The number of halogens is 2. The molecule has 1 aromatic carbocycles. The number of benzene rings is 1. The Morgan fingerprint density at radius 2 is 2.00 bits per heavy atom. The maximum Gasteiger partial charge on any atom is 0.288 e. The van der Waals surface area contributed by atoms with Gasteiger partial charge in [0.05, 0.1) is 0 Å². The number of anilines is 1. The largest absolute Gasteiger partial charge is 0.328 e. The molecule has 6 heteroatoms. The quantitative estimate of drug-likeness (QED) is 0.784. The van der Waals surface area contributed by atoms with E-state index in [0.29, 0.717) is 35.2 Å². The maximum atomic E-state index is 12.1. The van der Waals surface area contributed by atoms with E-state index in [9.17, 15) is 13.6 Å². The summed E-state index contributed by atoms with van der Waals surface area (Å²) in [6.07, 6.45) is 0.969. The first kappa shape index (κ1) is 14.9. The summed E-state index contributed by atoms with van der Waals surface area (Å²) in [4.78, 5) is 12.0. The lowest BCUT2D eigenvalue weighted by Gasteiger charge is -2.07. The van der Waals surface area contributed by atoms with Gasteiger partial charge in [0.1, 0.15) is 0 Å². The topological polar surface area (TPSA) is 55.1 Å². The van der Waals surface area contributed by atoms with Crippen molar-refractivity contribution in [1.29, 1.82) is 0 Å². The van der Waals surface area contributed by atoms with Crippen molar-refractivity contribution < 1.29 is 13.6 Å². The normalized spacial score (nSPS) is 12.5. The average Bonchev–Trinajstić information content (AvgIpc) is 2.28.